The number of nitrogens with zero attached hydrogens (tertiary/aromatic N) is 2. The molecule has 2 amide bonds. The number of anilines is 1. The van der Waals surface area contributed by atoms with Gasteiger partial charge in [-0.25, -0.2) is 4.79 Å². The molecule has 1 N–H and O–H groups in total. The van der Waals surface area contributed by atoms with Gasteiger partial charge < -0.3 is 15.0 Å². The average molecular weight is 436 g/mol. The molecule has 3 rings (SSSR count). The van der Waals surface area contributed by atoms with E-state index >= 15 is 0 Å². The molecule has 0 atom stereocenters. The van der Waals surface area contributed by atoms with Crippen molar-refractivity contribution in [1.82, 2.24) is 9.80 Å². The third-order valence-electron chi connectivity index (χ3n) is 4.54. The van der Waals surface area contributed by atoms with Crippen LogP contribution in [0.15, 0.2) is 35.7 Å². The van der Waals surface area contributed by atoms with E-state index in [0.717, 1.165) is 0 Å². The topological polar surface area (TPSA) is 79.0 Å². The van der Waals surface area contributed by atoms with Crippen LogP contribution in [0.2, 0.25) is 5.02 Å². The maximum Gasteiger partial charge on any atom is 0.341 e. The normalized spacial score (nSPS) is 14.5. The quantitative estimate of drug-likeness (QED) is 0.706. The molecule has 0 bridgehead atoms. The maximum atomic E-state index is 12.6. The molecule has 0 unspecified atom stereocenters. The van der Waals surface area contributed by atoms with E-state index in [1.54, 1.807) is 47.5 Å². The fourth-order valence-electron chi connectivity index (χ4n) is 3.06. The SMILES string of the molecule is CCOC(=O)c1ccsc1NC(=O)CN1CCN(C(=O)c2ccccc2Cl)CC1. The van der Waals surface area contributed by atoms with Crippen LogP contribution in [0, 0.1) is 0 Å². The van der Waals surface area contributed by atoms with Crippen molar-refractivity contribution in [2.24, 2.45) is 0 Å². The van der Waals surface area contributed by atoms with Crippen molar-refractivity contribution in [1.29, 1.82) is 0 Å². The Morgan fingerprint density at radius 2 is 1.83 bits per heavy atom. The highest BCUT2D eigenvalue weighted by Gasteiger charge is 2.25. The summed E-state index contributed by atoms with van der Waals surface area (Å²) >= 11 is 7.40. The Labute approximate surface area is 178 Å². The molecular formula is C20H22ClN3O4S. The van der Waals surface area contributed by atoms with E-state index in [2.05, 4.69) is 5.32 Å². The van der Waals surface area contributed by atoms with Gasteiger partial charge >= 0.3 is 5.97 Å². The molecule has 7 nitrogen and oxygen atoms in total. The molecule has 0 saturated carbocycles. The molecule has 9 heteroatoms. The largest absolute Gasteiger partial charge is 0.462 e. The van der Waals surface area contributed by atoms with Crippen LogP contribution in [0.5, 0.6) is 0 Å². The molecule has 154 valence electrons. The van der Waals surface area contributed by atoms with Crippen LogP contribution in [0.4, 0.5) is 5.00 Å². The summed E-state index contributed by atoms with van der Waals surface area (Å²) < 4.78 is 5.00. The van der Waals surface area contributed by atoms with Crippen LogP contribution in [-0.4, -0.2) is 66.9 Å². The Morgan fingerprint density at radius 1 is 1.10 bits per heavy atom. The van der Waals surface area contributed by atoms with E-state index in [1.807, 2.05) is 4.90 Å². The lowest BCUT2D eigenvalue weighted by Gasteiger charge is -2.34. The first-order chi connectivity index (χ1) is 14.0. The molecule has 1 fully saturated rings. The first-order valence-corrected chi connectivity index (χ1v) is 10.6. The number of ether oxygens (including phenoxy) is 1. The molecule has 1 aromatic heterocycles. The molecule has 0 aliphatic carbocycles. The number of carbonyl (C=O) groups excluding carboxylic acids is 3. The highest BCUT2D eigenvalue weighted by Crippen LogP contribution is 2.24. The van der Waals surface area contributed by atoms with E-state index in [9.17, 15) is 14.4 Å². The summed E-state index contributed by atoms with van der Waals surface area (Å²) in [6.07, 6.45) is 0. The van der Waals surface area contributed by atoms with Gasteiger partial charge in [0.15, 0.2) is 0 Å². The summed E-state index contributed by atoms with van der Waals surface area (Å²) in [5, 5.41) is 5.45. The second-order valence-electron chi connectivity index (χ2n) is 6.48. The Hall–Kier alpha value is -2.42. The Balaban J connectivity index is 1.50. The van der Waals surface area contributed by atoms with Crippen LogP contribution in [0.3, 0.4) is 0 Å². The highest BCUT2D eigenvalue weighted by molar-refractivity contribution is 7.14. The molecule has 0 spiro atoms. The van der Waals surface area contributed by atoms with Crippen molar-refractivity contribution >= 4 is 45.7 Å². The summed E-state index contributed by atoms with van der Waals surface area (Å²) in [6.45, 7) is 4.40. The van der Waals surface area contributed by atoms with Gasteiger partial charge in [0.25, 0.3) is 5.91 Å². The van der Waals surface area contributed by atoms with Gasteiger partial charge in [-0.15, -0.1) is 11.3 Å². The fourth-order valence-corrected chi connectivity index (χ4v) is 4.07. The van der Waals surface area contributed by atoms with E-state index in [1.165, 1.54) is 11.3 Å². The third kappa shape index (κ3) is 5.35. The predicted molar refractivity (Wildman–Crippen MR) is 113 cm³/mol. The number of halogens is 1. The molecule has 2 aromatic rings. The molecule has 0 radical (unpaired) electrons. The molecular weight excluding hydrogens is 414 g/mol. The van der Waals surface area contributed by atoms with Crippen LogP contribution in [-0.2, 0) is 9.53 Å². The van der Waals surface area contributed by atoms with Crippen molar-refractivity contribution in [2.45, 2.75) is 6.92 Å². The third-order valence-corrected chi connectivity index (χ3v) is 5.70. The average Bonchev–Trinajstić information content (AvgIpc) is 3.16. The Kier molecular flexibility index (Phi) is 7.24. The zero-order valence-corrected chi connectivity index (χ0v) is 17.6. The summed E-state index contributed by atoms with van der Waals surface area (Å²) in [5.74, 6) is -0.753. The van der Waals surface area contributed by atoms with E-state index < -0.39 is 5.97 Å². The number of esters is 1. The minimum Gasteiger partial charge on any atom is -0.462 e. The van der Waals surface area contributed by atoms with E-state index in [-0.39, 0.29) is 25.0 Å². The van der Waals surface area contributed by atoms with Gasteiger partial charge in [0.05, 0.1) is 29.3 Å². The van der Waals surface area contributed by atoms with Crippen LogP contribution in [0.1, 0.15) is 27.6 Å². The number of hydrogen-bond acceptors (Lipinski definition) is 6. The number of nitrogens with one attached hydrogen (secondary N) is 1. The van der Waals surface area contributed by atoms with Crippen LogP contribution in [0.25, 0.3) is 0 Å². The minimum absolute atomic E-state index is 0.0997. The lowest BCUT2D eigenvalue weighted by atomic mass is 10.2. The van der Waals surface area contributed by atoms with Gasteiger partial charge in [-0.1, -0.05) is 23.7 Å². The van der Waals surface area contributed by atoms with Crippen molar-refractivity contribution in [3.05, 3.63) is 51.9 Å². The van der Waals surface area contributed by atoms with Crippen LogP contribution < -0.4 is 5.32 Å². The van der Waals surface area contributed by atoms with Gasteiger partial charge in [0.2, 0.25) is 5.91 Å². The number of piperazine rings is 1. The monoisotopic (exact) mass is 435 g/mol. The van der Waals surface area contributed by atoms with E-state index in [0.29, 0.717) is 47.3 Å². The molecule has 1 aliphatic rings. The summed E-state index contributed by atoms with van der Waals surface area (Å²) in [6, 6.07) is 8.62. The number of amides is 2. The number of carbonyl (C=O) groups is 3. The van der Waals surface area contributed by atoms with Crippen molar-refractivity contribution < 1.29 is 19.1 Å². The molecule has 1 saturated heterocycles. The van der Waals surface area contributed by atoms with Crippen molar-refractivity contribution in [3.8, 4) is 0 Å². The standard InChI is InChI=1S/C20H22ClN3O4S/c1-2-28-20(27)15-7-12-29-18(15)22-17(25)13-23-8-10-24(11-9-23)19(26)14-5-3-4-6-16(14)21/h3-7,12H,2,8-11,13H2,1H3,(H,22,25). The summed E-state index contributed by atoms with van der Waals surface area (Å²) in [5.41, 5.74) is 0.852. The first-order valence-electron chi connectivity index (χ1n) is 9.30. The van der Waals surface area contributed by atoms with Crippen molar-refractivity contribution in [2.75, 3.05) is 44.6 Å². The number of thiophene rings is 1. The highest BCUT2D eigenvalue weighted by atomic mass is 35.5. The summed E-state index contributed by atoms with van der Waals surface area (Å²) in [7, 11) is 0. The number of rotatable bonds is 6. The molecule has 1 aliphatic heterocycles. The maximum absolute atomic E-state index is 12.6. The lowest BCUT2D eigenvalue weighted by molar-refractivity contribution is -0.117. The molecule has 1 aromatic carbocycles. The zero-order valence-electron chi connectivity index (χ0n) is 16.0. The van der Waals surface area contributed by atoms with Gasteiger partial charge in [0, 0.05) is 26.2 Å². The second-order valence-corrected chi connectivity index (χ2v) is 7.80. The van der Waals surface area contributed by atoms with Crippen molar-refractivity contribution in [3.63, 3.8) is 0 Å². The lowest BCUT2D eigenvalue weighted by Crippen LogP contribution is -2.50. The van der Waals surface area contributed by atoms with Gasteiger partial charge in [0.1, 0.15) is 5.00 Å². The Morgan fingerprint density at radius 3 is 2.52 bits per heavy atom. The second kappa shape index (κ2) is 9.87. The fraction of sp³-hybridized carbons (Fsp3) is 0.350. The van der Waals surface area contributed by atoms with E-state index in [4.69, 9.17) is 16.3 Å². The molecule has 29 heavy (non-hydrogen) atoms. The Bertz CT molecular complexity index is 893. The minimum atomic E-state index is -0.448. The van der Waals surface area contributed by atoms with Gasteiger partial charge in [-0.3, -0.25) is 14.5 Å². The first kappa shape index (κ1) is 21.3. The smallest absolute Gasteiger partial charge is 0.341 e. The van der Waals surface area contributed by atoms with Gasteiger partial charge in [-0.2, -0.15) is 0 Å². The van der Waals surface area contributed by atoms with Gasteiger partial charge in [-0.05, 0) is 30.5 Å². The van der Waals surface area contributed by atoms with Crippen LogP contribution >= 0.6 is 22.9 Å². The summed E-state index contributed by atoms with van der Waals surface area (Å²) in [4.78, 5) is 40.6. The zero-order chi connectivity index (χ0) is 20.8. The number of hydrogen-bond donors (Lipinski definition) is 1. The number of benzene rings is 1. The predicted octanol–water partition coefficient (Wildman–Crippen LogP) is 2.97. The molecule has 2 heterocycles.